The van der Waals surface area contributed by atoms with Crippen LogP contribution in [0.3, 0.4) is 0 Å². The first kappa shape index (κ1) is 40.5. The molecule has 6 nitrogen and oxygen atoms in total. The van der Waals surface area contributed by atoms with Crippen molar-refractivity contribution in [2.45, 2.75) is 62.3 Å². The molecule has 0 aliphatic carbocycles. The maximum Gasteiger partial charge on any atom is 0.166 e. The molecule has 0 radical (unpaired) electrons. The molecule has 3 aromatic heterocycles. The van der Waals surface area contributed by atoms with Crippen LogP contribution in [-0.4, -0.2) is 29.5 Å². The Balaban J connectivity index is 1.37. The molecule has 0 amide bonds. The molecule has 10 rings (SSSR count). The number of benzene rings is 7. The maximum absolute atomic E-state index is 5.39. The fraction of sp³-hybridized carbons (Fsp3) is 0.155. The van der Waals surface area contributed by atoms with E-state index >= 15 is 0 Å². The second-order valence-electron chi connectivity index (χ2n) is 17.2. The fourth-order valence-electron chi connectivity index (χ4n) is 9.42. The summed E-state index contributed by atoms with van der Waals surface area (Å²) in [5.41, 5.74) is 22.1. The van der Waals surface area contributed by atoms with E-state index in [4.69, 9.17) is 24.9 Å². The van der Waals surface area contributed by atoms with Gasteiger partial charge >= 0.3 is 0 Å². The molecule has 0 saturated heterocycles. The van der Waals surface area contributed by atoms with Gasteiger partial charge in [0.15, 0.2) is 23.3 Å². The number of aryl methyl sites for hydroxylation is 5. The van der Waals surface area contributed by atoms with Crippen LogP contribution in [0.1, 0.15) is 50.1 Å². The van der Waals surface area contributed by atoms with Crippen LogP contribution in [0, 0.1) is 62.3 Å². The fourth-order valence-corrected chi connectivity index (χ4v) is 9.42. The van der Waals surface area contributed by atoms with Crippen LogP contribution in [0.4, 0.5) is 0 Å². The van der Waals surface area contributed by atoms with E-state index in [0.29, 0.717) is 23.3 Å². The summed E-state index contributed by atoms with van der Waals surface area (Å²) >= 11 is 0. The minimum Gasteiger partial charge on any atom is -0.308 e. The molecular weight excluding hydrogens is 781 g/mol. The number of hydrogen-bond acceptors (Lipinski definition) is 5. The summed E-state index contributed by atoms with van der Waals surface area (Å²) in [6.45, 7) is 20.4. The predicted octanol–water partition coefficient (Wildman–Crippen LogP) is 14.5. The van der Waals surface area contributed by atoms with Crippen LogP contribution in [-0.2, 0) is 0 Å². The number of fused-ring (bicyclic) bond motifs is 3. The summed E-state index contributed by atoms with van der Waals surface area (Å²) in [6, 6.07) is 47.7. The monoisotopic (exact) mass is 830 g/mol. The van der Waals surface area contributed by atoms with Gasteiger partial charge in [-0.15, -0.1) is 0 Å². The summed E-state index contributed by atoms with van der Waals surface area (Å²) in [5.74, 6) is 2.40. The molecule has 64 heavy (non-hydrogen) atoms. The molecule has 0 aliphatic heterocycles. The first-order chi connectivity index (χ1) is 31.0. The van der Waals surface area contributed by atoms with E-state index in [1.165, 1.54) is 66.3 Å². The number of hydrogen-bond donors (Lipinski definition) is 0. The zero-order chi connectivity index (χ0) is 44.4. The highest BCUT2D eigenvalue weighted by Crippen LogP contribution is 2.46. The third-order valence-corrected chi connectivity index (χ3v) is 13.6. The average molecular weight is 831 g/mol. The van der Waals surface area contributed by atoms with Gasteiger partial charge in [0.05, 0.1) is 28.1 Å². The maximum atomic E-state index is 5.39. The van der Waals surface area contributed by atoms with Gasteiger partial charge in [-0.2, -0.15) is 0 Å². The molecule has 0 aliphatic rings. The minimum atomic E-state index is 0.567. The van der Waals surface area contributed by atoms with Crippen molar-refractivity contribution in [2.75, 3.05) is 0 Å². The van der Waals surface area contributed by atoms with Crippen molar-refractivity contribution in [3.63, 3.8) is 0 Å². The van der Waals surface area contributed by atoms with Gasteiger partial charge in [0, 0.05) is 44.2 Å². The zero-order valence-electron chi connectivity index (χ0n) is 38.0. The topological polar surface area (TPSA) is 69.4 Å². The molecule has 0 saturated carbocycles. The van der Waals surface area contributed by atoms with Crippen LogP contribution in [0.5, 0.6) is 0 Å². The molecule has 0 N–H and O–H groups in total. The smallest absolute Gasteiger partial charge is 0.166 e. The van der Waals surface area contributed by atoms with Crippen molar-refractivity contribution in [1.82, 2.24) is 29.5 Å². The van der Waals surface area contributed by atoms with Crippen molar-refractivity contribution >= 4 is 21.8 Å². The molecule has 0 atom stereocenters. The highest BCUT2D eigenvalue weighted by Gasteiger charge is 2.28. The Bertz CT molecular complexity index is 3250. The van der Waals surface area contributed by atoms with E-state index in [0.717, 1.165) is 56.0 Å². The summed E-state index contributed by atoms with van der Waals surface area (Å²) in [7, 11) is 0. The van der Waals surface area contributed by atoms with E-state index in [1.807, 2.05) is 48.5 Å². The van der Waals surface area contributed by atoms with Gasteiger partial charge in [0.1, 0.15) is 0 Å². The first-order valence-electron chi connectivity index (χ1n) is 22.0. The van der Waals surface area contributed by atoms with Crippen LogP contribution in [0.15, 0.2) is 140 Å². The van der Waals surface area contributed by atoms with Crippen molar-refractivity contribution < 1.29 is 0 Å². The van der Waals surface area contributed by atoms with E-state index in [1.54, 1.807) is 0 Å². The van der Waals surface area contributed by atoms with Gasteiger partial charge in [-0.1, -0.05) is 121 Å². The molecule has 6 heteroatoms. The summed E-state index contributed by atoms with van der Waals surface area (Å²) in [5, 5.41) is 2.59. The molecule has 3 heterocycles. The lowest BCUT2D eigenvalue weighted by Crippen LogP contribution is -2.07. The molecular formula is C58H50N6. The third-order valence-electron chi connectivity index (χ3n) is 13.6. The average Bonchev–Trinajstić information content (AvgIpc) is 3.71. The van der Waals surface area contributed by atoms with Crippen molar-refractivity contribution in [2.24, 2.45) is 0 Å². The van der Waals surface area contributed by atoms with Crippen LogP contribution < -0.4 is 0 Å². The summed E-state index contributed by atoms with van der Waals surface area (Å²) in [6.07, 6.45) is 0. The molecule has 0 fully saturated rings. The zero-order valence-corrected chi connectivity index (χ0v) is 38.0. The van der Waals surface area contributed by atoms with Crippen LogP contribution >= 0.6 is 0 Å². The van der Waals surface area contributed by atoms with E-state index in [9.17, 15) is 0 Å². The Morgan fingerprint density at radius 1 is 0.312 bits per heavy atom. The lowest BCUT2D eigenvalue weighted by Gasteiger charge is -2.21. The SMILES string of the molecule is Cc1cc(-n2c3c(C)c(C)c(C)c(C)c3c3c(C)c(C)c(C)c(C)c32)c(-c2nc(-c3ccccc3)nc(-c3ccccc3)n2)cc1-c1nc(-c2ccccc2)cc(-c2ccccc2)n1. The Hall–Kier alpha value is -7.57. The van der Waals surface area contributed by atoms with Crippen LogP contribution in [0.25, 0.3) is 95.6 Å². The van der Waals surface area contributed by atoms with Crippen molar-refractivity contribution in [3.8, 4) is 73.8 Å². The van der Waals surface area contributed by atoms with Gasteiger partial charge in [-0.3, -0.25) is 0 Å². The Morgan fingerprint density at radius 3 is 1.09 bits per heavy atom. The molecule has 0 spiro atoms. The molecule has 0 bridgehead atoms. The van der Waals surface area contributed by atoms with Gasteiger partial charge in [0.25, 0.3) is 0 Å². The van der Waals surface area contributed by atoms with Gasteiger partial charge < -0.3 is 4.57 Å². The van der Waals surface area contributed by atoms with Crippen molar-refractivity contribution in [1.29, 1.82) is 0 Å². The van der Waals surface area contributed by atoms with E-state index < -0.39 is 0 Å². The normalized spacial score (nSPS) is 11.5. The second-order valence-corrected chi connectivity index (χ2v) is 17.2. The van der Waals surface area contributed by atoms with Gasteiger partial charge in [-0.25, -0.2) is 24.9 Å². The minimum absolute atomic E-state index is 0.567. The molecule has 10 aromatic rings. The summed E-state index contributed by atoms with van der Waals surface area (Å²) < 4.78 is 2.52. The van der Waals surface area contributed by atoms with E-state index in [-0.39, 0.29) is 0 Å². The predicted molar refractivity (Wildman–Crippen MR) is 265 cm³/mol. The highest BCUT2D eigenvalue weighted by molar-refractivity contribution is 6.16. The van der Waals surface area contributed by atoms with Crippen molar-refractivity contribution in [3.05, 3.63) is 190 Å². The second kappa shape index (κ2) is 16.0. The van der Waals surface area contributed by atoms with Gasteiger partial charge in [0.2, 0.25) is 0 Å². The lowest BCUT2D eigenvalue weighted by atomic mass is 9.90. The van der Waals surface area contributed by atoms with E-state index in [2.05, 4.69) is 158 Å². The lowest BCUT2D eigenvalue weighted by molar-refractivity contribution is 1.06. The third kappa shape index (κ3) is 6.69. The number of rotatable bonds is 7. The number of nitrogens with zero attached hydrogens (tertiary/aromatic N) is 6. The molecule has 0 unspecified atom stereocenters. The first-order valence-corrected chi connectivity index (χ1v) is 22.0. The van der Waals surface area contributed by atoms with Crippen LogP contribution in [0.2, 0.25) is 0 Å². The quantitative estimate of drug-likeness (QED) is 0.160. The largest absolute Gasteiger partial charge is 0.308 e. The Kier molecular flexibility index (Phi) is 10.1. The Morgan fingerprint density at radius 2 is 0.672 bits per heavy atom. The Labute approximate surface area is 375 Å². The summed E-state index contributed by atoms with van der Waals surface area (Å²) in [4.78, 5) is 26.6. The standard InChI is InChI=1S/C58H50N6/c1-33-30-50(64-53-40(8)36(4)34(2)38(6)51(53)52-39(7)35(3)37(5)41(9)54(52)64)47(58-62-55(44-26-18-12-19-27-44)61-56(63-58)45-28-20-13-21-29-45)31-46(33)57-59-48(42-22-14-10-15-23-42)32-49(60-57)43-24-16-11-17-25-43/h10-32H,1-9H3. The highest BCUT2D eigenvalue weighted by atomic mass is 15.1. The number of aromatic nitrogens is 6. The van der Waals surface area contributed by atoms with Gasteiger partial charge in [-0.05, 0) is 131 Å². The molecule has 7 aromatic carbocycles. The molecule has 312 valence electrons.